The number of aromatic nitrogens is 3. The van der Waals surface area contributed by atoms with E-state index >= 15 is 0 Å². The molecule has 2 aliphatic rings. The molecule has 5 N–H and O–H groups in total. The van der Waals surface area contributed by atoms with Gasteiger partial charge in [-0.2, -0.15) is 0 Å². The SMILES string of the molecule is NC1=NC=CC2C(c3ccnc(N)n3)c3c(O)ccnc3N12. The smallest absolute Gasteiger partial charge is 0.220 e. The Morgan fingerprint density at radius 2 is 1.95 bits per heavy atom. The van der Waals surface area contributed by atoms with E-state index in [4.69, 9.17) is 11.5 Å². The molecule has 2 aliphatic heterocycles. The fraction of sp³-hybridized carbons (Fsp3) is 0.143. The number of pyridine rings is 1. The molecule has 0 radical (unpaired) electrons. The van der Waals surface area contributed by atoms with E-state index in [1.54, 1.807) is 29.4 Å². The van der Waals surface area contributed by atoms with E-state index in [9.17, 15) is 5.11 Å². The molecular formula is C14H13N7O. The predicted molar refractivity (Wildman–Crippen MR) is 81.2 cm³/mol. The number of aliphatic imine (C=N–C) groups is 1. The van der Waals surface area contributed by atoms with E-state index < -0.39 is 0 Å². The zero-order chi connectivity index (χ0) is 15.3. The summed E-state index contributed by atoms with van der Waals surface area (Å²) in [5.41, 5.74) is 13.1. The number of rotatable bonds is 1. The Labute approximate surface area is 125 Å². The summed E-state index contributed by atoms with van der Waals surface area (Å²) < 4.78 is 0. The second kappa shape index (κ2) is 4.42. The fourth-order valence-corrected chi connectivity index (χ4v) is 3.02. The van der Waals surface area contributed by atoms with Gasteiger partial charge in [-0.3, -0.25) is 4.90 Å². The minimum atomic E-state index is -0.251. The van der Waals surface area contributed by atoms with Crippen molar-refractivity contribution in [1.82, 2.24) is 15.0 Å². The van der Waals surface area contributed by atoms with Crippen LogP contribution in [0.2, 0.25) is 0 Å². The van der Waals surface area contributed by atoms with Gasteiger partial charge < -0.3 is 16.6 Å². The van der Waals surface area contributed by atoms with Gasteiger partial charge in [-0.15, -0.1) is 0 Å². The van der Waals surface area contributed by atoms with E-state index in [1.807, 2.05) is 6.08 Å². The van der Waals surface area contributed by atoms with E-state index in [-0.39, 0.29) is 23.7 Å². The van der Waals surface area contributed by atoms with Gasteiger partial charge >= 0.3 is 0 Å². The minimum absolute atomic E-state index is 0.141. The van der Waals surface area contributed by atoms with Gasteiger partial charge in [0, 0.05) is 24.2 Å². The average molecular weight is 295 g/mol. The van der Waals surface area contributed by atoms with Crippen LogP contribution in [-0.4, -0.2) is 32.1 Å². The first-order chi connectivity index (χ1) is 10.7. The molecule has 0 spiro atoms. The summed E-state index contributed by atoms with van der Waals surface area (Å²) in [6, 6.07) is 3.16. The Bertz CT molecular complexity index is 817. The lowest BCUT2D eigenvalue weighted by Crippen LogP contribution is -2.44. The Hall–Kier alpha value is -3.16. The molecule has 22 heavy (non-hydrogen) atoms. The highest BCUT2D eigenvalue weighted by Crippen LogP contribution is 2.47. The summed E-state index contributed by atoms with van der Waals surface area (Å²) in [6.07, 6.45) is 6.68. The van der Waals surface area contributed by atoms with Crippen molar-refractivity contribution in [3.63, 3.8) is 0 Å². The van der Waals surface area contributed by atoms with Crippen LogP contribution >= 0.6 is 0 Å². The van der Waals surface area contributed by atoms with Crippen molar-refractivity contribution >= 4 is 17.7 Å². The van der Waals surface area contributed by atoms with Gasteiger partial charge in [0.15, 0.2) is 0 Å². The van der Waals surface area contributed by atoms with Crippen LogP contribution in [0.4, 0.5) is 11.8 Å². The molecule has 8 heteroatoms. The number of hydrogen-bond acceptors (Lipinski definition) is 8. The summed E-state index contributed by atoms with van der Waals surface area (Å²) >= 11 is 0. The zero-order valence-electron chi connectivity index (χ0n) is 11.5. The van der Waals surface area contributed by atoms with Crippen LogP contribution in [0.5, 0.6) is 5.75 Å². The minimum Gasteiger partial charge on any atom is -0.507 e. The number of nitrogen functional groups attached to an aromatic ring is 1. The molecule has 0 fully saturated rings. The van der Waals surface area contributed by atoms with Gasteiger partial charge in [0.05, 0.1) is 17.7 Å². The molecule has 0 bridgehead atoms. The first-order valence-electron chi connectivity index (χ1n) is 6.72. The van der Waals surface area contributed by atoms with Crippen LogP contribution in [0, 0.1) is 0 Å². The molecule has 8 nitrogen and oxygen atoms in total. The van der Waals surface area contributed by atoms with Crippen molar-refractivity contribution < 1.29 is 5.11 Å². The lowest BCUT2D eigenvalue weighted by molar-refractivity contribution is 0.465. The van der Waals surface area contributed by atoms with Crippen LogP contribution < -0.4 is 16.4 Å². The molecule has 2 unspecified atom stereocenters. The number of guanidine groups is 1. The summed E-state index contributed by atoms with van der Waals surface area (Å²) in [5.74, 6) is 0.985. The topological polar surface area (TPSA) is 127 Å². The number of fused-ring (bicyclic) bond motifs is 3. The van der Waals surface area contributed by atoms with Crippen LogP contribution in [-0.2, 0) is 0 Å². The van der Waals surface area contributed by atoms with Gasteiger partial charge in [-0.25, -0.2) is 19.9 Å². The summed E-state index contributed by atoms with van der Waals surface area (Å²) in [4.78, 5) is 18.5. The van der Waals surface area contributed by atoms with Crippen LogP contribution in [0.1, 0.15) is 17.2 Å². The van der Waals surface area contributed by atoms with Crippen LogP contribution in [0.25, 0.3) is 0 Å². The van der Waals surface area contributed by atoms with E-state index in [0.29, 0.717) is 23.0 Å². The highest BCUT2D eigenvalue weighted by Gasteiger charge is 2.44. The monoisotopic (exact) mass is 295 g/mol. The lowest BCUT2D eigenvalue weighted by Gasteiger charge is -2.28. The number of hydrogen-bond donors (Lipinski definition) is 3. The second-order valence-electron chi connectivity index (χ2n) is 5.07. The Morgan fingerprint density at radius 1 is 1.14 bits per heavy atom. The standard InChI is InChI=1S/C14H13N7O/c15-13-18-4-1-7(20-13)10-8-2-5-19-14(16)21(8)12-11(10)9(22)3-6-17-12/h1-6,8,10H,(H2,16,19)(H,17,22)(H2,15,18,20). The molecule has 0 saturated carbocycles. The molecule has 0 amide bonds. The molecule has 0 aliphatic carbocycles. The largest absolute Gasteiger partial charge is 0.507 e. The molecule has 0 saturated heterocycles. The van der Waals surface area contributed by atoms with Crippen molar-refractivity contribution in [3.8, 4) is 5.75 Å². The van der Waals surface area contributed by atoms with Crippen molar-refractivity contribution in [1.29, 1.82) is 0 Å². The predicted octanol–water partition coefficient (Wildman–Crippen LogP) is 0.322. The van der Waals surface area contributed by atoms with Gasteiger partial charge in [0.25, 0.3) is 0 Å². The number of nitrogens with two attached hydrogens (primary N) is 2. The number of anilines is 2. The van der Waals surface area contributed by atoms with Crippen molar-refractivity contribution in [2.45, 2.75) is 12.0 Å². The van der Waals surface area contributed by atoms with Crippen LogP contribution in [0.15, 0.2) is 41.8 Å². The van der Waals surface area contributed by atoms with Gasteiger partial charge in [-0.1, -0.05) is 0 Å². The molecule has 2 aromatic heterocycles. The summed E-state index contributed by atoms with van der Waals surface area (Å²) in [5, 5.41) is 10.3. The molecule has 4 rings (SSSR count). The first kappa shape index (κ1) is 12.6. The number of nitrogens with zero attached hydrogens (tertiary/aromatic N) is 5. The third-order valence-electron chi connectivity index (χ3n) is 3.88. The summed E-state index contributed by atoms with van der Waals surface area (Å²) in [6.45, 7) is 0. The molecule has 110 valence electrons. The molecular weight excluding hydrogens is 282 g/mol. The van der Waals surface area contributed by atoms with Gasteiger partial charge in [0.2, 0.25) is 11.9 Å². The molecule has 2 atom stereocenters. The molecule has 4 heterocycles. The molecule has 2 aromatic rings. The first-order valence-corrected chi connectivity index (χ1v) is 6.72. The third-order valence-corrected chi connectivity index (χ3v) is 3.88. The maximum Gasteiger partial charge on any atom is 0.220 e. The van der Waals surface area contributed by atoms with Crippen LogP contribution in [0.3, 0.4) is 0 Å². The summed E-state index contributed by atoms with van der Waals surface area (Å²) in [7, 11) is 0. The Kier molecular flexibility index (Phi) is 2.52. The van der Waals surface area contributed by atoms with Crippen molar-refractivity contribution in [2.75, 3.05) is 10.6 Å². The van der Waals surface area contributed by atoms with Crippen molar-refractivity contribution in [2.24, 2.45) is 10.7 Å². The fourth-order valence-electron chi connectivity index (χ4n) is 3.02. The lowest BCUT2D eigenvalue weighted by atomic mass is 9.91. The van der Waals surface area contributed by atoms with Crippen molar-refractivity contribution in [3.05, 3.63) is 48.1 Å². The average Bonchev–Trinajstić information content (AvgIpc) is 2.84. The normalized spacial score (nSPS) is 22.2. The second-order valence-corrected chi connectivity index (χ2v) is 5.07. The van der Waals surface area contributed by atoms with Gasteiger partial charge in [-0.05, 0) is 18.2 Å². The zero-order valence-corrected chi connectivity index (χ0v) is 11.5. The highest BCUT2D eigenvalue weighted by molar-refractivity contribution is 5.99. The maximum absolute atomic E-state index is 10.3. The third kappa shape index (κ3) is 1.63. The number of aromatic hydroxyl groups is 1. The Balaban J connectivity index is 1.96. The quantitative estimate of drug-likeness (QED) is 0.691. The molecule has 0 aromatic carbocycles. The van der Waals surface area contributed by atoms with E-state index in [0.717, 1.165) is 0 Å². The maximum atomic E-state index is 10.3. The van der Waals surface area contributed by atoms with E-state index in [2.05, 4.69) is 19.9 Å². The Morgan fingerprint density at radius 3 is 2.77 bits per heavy atom. The highest BCUT2D eigenvalue weighted by atomic mass is 16.3. The van der Waals surface area contributed by atoms with Gasteiger partial charge in [0.1, 0.15) is 11.6 Å². The van der Waals surface area contributed by atoms with E-state index in [1.165, 1.54) is 6.20 Å².